The second kappa shape index (κ2) is 6.00. The average Bonchev–Trinajstić information content (AvgIpc) is 2.35. The third-order valence-corrected chi connectivity index (χ3v) is 2.99. The predicted octanol–water partition coefficient (Wildman–Crippen LogP) is 0.845. The van der Waals surface area contributed by atoms with Crippen LogP contribution in [0.5, 0.6) is 0 Å². The molecule has 0 bridgehead atoms. The van der Waals surface area contributed by atoms with E-state index in [-0.39, 0.29) is 16.5 Å². The van der Waals surface area contributed by atoms with Gasteiger partial charge in [0, 0.05) is 11.0 Å². The van der Waals surface area contributed by atoms with Gasteiger partial charge in [-0.2, -0.15) is 0 Å². The fraction of sp³-hybridized carbons (Fsp3) is 0.364. The maximum Gasteiger partial charge on any atom is 0.338 e. The SMILES string of the molecule is COC(=O)c1cc(N)ccc1C(O)C(O)CBr. The lowest BCUT2D eigenvalue weighted by Gasteiger charge is -2.18. The van der Waals surface area contributed by atoms with Gasteiger partial charge < -0.3 is 20.7 Å². The summed E-state index contributed by atoms with van der Waals surface area (Å²) in [6.45, 7) is 0. The summed E-state index contributed by atoms with van der Waals surface area (Å²) in [7, 11) is 1.24. The number of aliphatic hydroxyl groups excluding tert-OH is 2. The number of carbonyl (C=O) groups excluding carboxylic acids is 1. The third-order valence-electron chi connectivity index (χ3n) is 2.32. The fourth-order valence-electron chi connectivity index (χ4n) is 1.41. The fourth-order valence-corrected chi connectivity index (χ4v) is 1.76. The number of nitrogens with two attached hydrogens (primary N) is 1. The molecule has 4 N–H and O–H groups in total. The molecule has 0 aromatic heterocycles. The molecule has 2 unspecified atom stereocenters. The van der Waals surface area contributed by atoms with Gasteiger partial charge in [-0.3, -0.25) is 0 Å². The molecule has 1 aromatic rings. The Morgan fingerprint density at radius 1 is 1.53 bits per heavy atom. The zero-order chi connectivity index (χ0) is 13.0. The first-order valence-corrected chi connectivity index (χ1v) is 6.03. The van der Waals surface area contributed by atoms with Crippen LogP contribution in [0.25, 0.3) is 0 Å². The zero-order valence-electron chi connectivity index (χ0n) is 9.26. The van der Waals surface area contributed by atoms with Crippen molar-refractivity contribution < 1.29 is 19.7 Å². The number of anilines is 1. The van der Waals surface area contributed by atoms with Crippen molar-refractivity contribution in [1.82, 2.24) is 0 Å². The summed E-state index contributed by atoms with van der Waals surface area (Å²) in [5, 5.41) is 19.6. The van der Waals surface area contributed by atoms with Crippen LogP contribution in [0.2, 0.25) is 0 Å². The summed E-state index contributed by atoms with van der Waals surface area (Å²) >= 11 is 3.05. The normalized spacial score (nSPS) is 14.1. The van der Waals surface area contributed by atoms with Crippen molar-refractivity contribution in [3.63, 3.8) is 0 Å². The molecule has 17 heavy (non-hydrogen) atoms. The van der Waals surface area contributed by atoms with Gasteiger partial charge in [0.2, 0.25) is 0 Å². The van der Waals surface area contributed by atoms with Crippen molar-refractivity contribution in [3.8, 4) is 0 Å². The molecule has 0 saturated carbocycles. The number of rotatable bonds is 4. The van der Waals surface area contributed by atoms with Crippen molar-refractivity contribution in [1.29, 1.82) is 0 Å². The highest BCUT2D eigenvalue weighted by Gasteiger charge is 2.23. The lowest BCUT2D eigenvalue weighted by atomic mass is 9.98. The van der Waals surface area contributed by atoms with Gasteiger partial charge in [-0.25, -0.2) is 4.79 Å². The van der Waals surface area contributed by atoms with E-state index in [0.717, 1.165) is 0 Å². The summed E-state index contributed by atoms with van der Waals surface area (Å²) in [5.41, 5.74) is 6.39. The monoisotopic (exact) mass is 303 g/mol. The first-order valence-electron chi connectivity index (χ1n) is 4.91. The number of carbonyl (C=O) groups is 1. The smallest absolute Gasteiger partial charge is 0.338 e. The Labute approximate surface area is 107 Å². The van der Waals surface area contributed by atoms with Gasteiger partial charge in [-0.1, -0.05) is 22.0 Å². The van der Waals surface area contributed by atoms with Crippen LogP contribution in [0.3, 0.4) is 0 Å². The molecular formula is C11H14BrNO4. The molecule has 6 heteroatoms. The Morgan fingerprint density at radius 2 is 2.18 bits per heavy atom. The van der Waals surface area contributed by atoms with E-state index in [4.69, 9.17) is 5.73 Å². The van der Waals surface area contributed by atoms with E-state index in [1.54, 1.807) is 6.07 Å². The van der Waals surface area contributed by atoms with Crippen LogP contribution in [0.4, 0.5) is 5.69 Å². The van der Waals surface area contributed by atoms with Crippen LogP contribution in [0, 0.1) is 0 Å². The highest BCUT2D eigenvalue weighted by atomic mass is 79.9. The van der Waals surface area contributed by atoms with E-state index >= 15 is 0 Å². The van der Waals surface area contributed by atoms with Gasteiger partial charge in [0.15, 0.2) is 0 Å². The molecule has 0 aliphatic heterocycles. The van der Waals surface area contributed by atoms with Crippen LogP contribution >= 0.6 is 15.9 Å². The first-order chi connectivity index (χ1) is 8.01. The Balaban J connectivity index is 3.18. The van der Waals surface area contributed by atoms with Crippen molar-refractivity contribution in [2.24, 2.45) is 0 Å². The quantitative estimate of drug-likeness (QED) is 0.435. The van der Waals surface area contributed by atoms with Gasteiger partial charge in [0.05, 0.1) is 18.8 Å². The molecule has 0 spiro atoms. The lowest BCUT2D eigenvalue weighted by Crippen LogP contribution is -2.22. The molecule has 0 saturated heterocycles. The summed E-state index contributed by atoms with van der Waals surface area (Å²) in [6.07, 6.45) is -2.19. The number of nitrogen functional groups attached to an aromatic ring is 1. The number of benzene rings is 1. The number of hydrogen-bond acceptors (Lipinski definition) is 5. The summed E-state index contributed by atoms with van der Waals surface area (Å²) in [6, 6.07) is 4.45. The second-order valence-electron chi connectivity index (χ2n) is 3.50. The molecule has 0 heterocycles. The number of aliphatic hydroxyl groups is 2. The molecule has 0 amide bonds. The molecule has 2 atom stereocenters. The van der Waals surface area contributed by atoms with Crippen LogP contribution < -0.4 is 5.73 Å². The van der Waals surface area contributed by atoms with Crippen molar-refractivity contribution in [2.45, 2.75) is 12.2 Å². The highest BCUT2D eigenvalue weighted by Crippen LogP contribution is 2.24. The van der Waals surface area contributed by atoms with Crippen molar-refractivity contribution in [2.75, 3.05) is 18.2 Å². The Morgan fingerprint density at radius 3 is 2.71 bits per heavy atom. The van der Waals surface area contributed by atoms with Crippen molar-refractivity contribution >= 4 is 27.6 Å². The number of methoxy groups -OCH3 is 1. The molecule has 0 aliphatic rings. The summed E-state index contributed by atoms with van der Waals surface area (Å²) < 4.78 is 4.60. The molecule has 94 valence electrons. The predicted molar refractivity (Wildman–Crippen MR) is 67.0 cm³/mol. The Hall–Kier alpha value is -1.11. The minimum Gasteiger partial charge on any atom is -0.465 e. The zero-order valence-corrected chi connectivity index (χ0v) is 10.8. The van der Waals surface area contributed by atoms with E-state index in [0.29, 0.717) is 5.69 Å². The number of alkyl halides is 1. The van der Waals surface area contributed by atoms with Gasteiger partial charge in [-0.05, 0) is 17.7 Å². The van der Waals surface area contributed by atoms with Crippen LogP contribution in [-0.4, -0.2) is 34.7 Å². The molecule has 0 fully saturated rings. The topological polar surface area (TPSA) is 92.8 Å². The van der Waals surface area contributed by atoms with E-state index in [1.807, 2.05) is 0 Å². The largest absolute Gasteiger partial charge is 0.465 e. The van der Waals surface area contributed by atoms with Crippen LogP contribution in [0.1, 0.15) is 22.0 Å². The van der Waals surface area contributed by atoms with Crippen LogP contribution in [-0.2, 0) is 4.74 Å². The van der Waals surface area contributed by atoms with Crippen molar-refractivity contribution in [3.05, 3.63) is 29.3 Å². The number of hydrogen-bond donors (Lipinski definition) is 3. The third kappa shape index (κ3) is 3.18. The summed E-state index contributed by atoms with van der Waals surface area (Å²) in [4.78, 5) is 11.5. The summed E-state index contributed by atoms with van der Waals surface area (Å²) in [5.74, 6) is -0.604. The maximum absolute atomic E-state index is 11.5. The van der Waals surface area contributed by atoms with E-state index in [1.165, 1.54) is 19.2 Å². The highest BCUT2D eigenvalue weighted by molar-refractivity contribution is 9.09. The molecule has 1 aromatic carbocycles. The second-order valence-corrected chi connectivity index (χ2v) is 4.15. The van der Waals surface area contributed by atoms with Gasteiger partial charge in [-0.15, -0.1) is 0 Å². The Kier molecular flexibility index (Phi) is 4.92. The lowest BCUT2D eigenvalue weighted by molar-refractivity contribution is 0.0322. The van der Waals surface area contributed by atoms with E-state index in [9.17, 15) is 15.0 Å². The molecule has 0 aliphatic carbocycles. The van der Waals surface area contributed by atoms with Gasteiger partial charge in [0.1, 0.15) is 6.10 Å². The minimum absolute atomic E-state index is 0.153. The van der Waals surface area contributed by atoms with Crippen LogP contribution in [0.15, 0.2) is 18.2 Å². The number of ether oxygens (including phenoxy) is 1. The molecule has 0 radical (unpaired) electrons. The molecular weight excluding hydrogens is 290 g/mol. The maximum atomic E-state index is 11.5. The van der Waals surface area contributed by atoms with Gasteiger partial charge >= 0.3 is 5.97 Å². The average molecular weight is 304 g/mol. The first kappa shape index (κ1) is 14.0. The molecule has 5 nitrogen and oxygen atoms in total. The standard InChI is InChI=1S/C11H14BrNO4/c1-17-11(16)8-4-6(13)2-3-7(8)10(15)9(14)5-12/h2-4,9-10,14-15H,5,13H2,1H3. The Bertz CT molecular complexity index is 410. The number of esters is 1. The minimum atomic E-state index is -1.18. The number of halogens is 1. The molecule has 1 rings (SSSR count). The van der Waals surface area contributed by atoms with Gasteiger partial charge in [0.25, 0.3) is 0 Å². The van der Waals surface area contributed by atoms with E-state index < -0.39 is 18.2 Å². The van der Waals surface area contributed by atoms with E-state index in [2.05, 4.69) is 20.7 Å².